The van der Waals surface area contributed by atoms with E-state index in [2.05, 4.69) is 9.55 Å². The first-order chi connectivity index (χ1) is 7.66. The summed E-state index contributed by atoms with van der Waals surface area (Å²) in [6, 6.07) is 5.74. The molecule has 0 aliphatic heterocycles. The number of benzene rings is 1. The Labute approximate surface area is 93.6 Å². The van der Waals surface area contributed by atoms with Crippen molar-refractivity contribution in [2.75, 3.05) is 0 Å². The van der Waals surface area contributed by atoms with Crippen molar-refractivity contribution in [2.45, 2.75) is 18.8 Å². The molecule has 1 aliphatic carbocycles. The van der Waals surface area contributed by atoms with Gasteiger partial charge in [-0.05, 0) is 31.0 Å². The zero-order valence-electron chi connectivity index (χ0n) is 9.20. The highest BCUT2D eigenvalue weighted by atomic mass is 15.1. The van der Waals surface area contributed by atoms with Crippen LogP contribution in [0.15, 0.2) is 18.2 Å². The van der Waals surface area contributed by atoms with Gasteiger partial charge in [-0.3, -0.25) is 5.41 Å². The van der Waals surface area contributed by atoms with Gasteiger partial charge in [0, 0.05) is 18.5 Å². The highest BCUT2D eigenvalue weighted by molar-refractivity contribution is 5.98. The number of amidine groups is 1. The number of nitrogens with two attached hydrogens (primary N) is 1. The van der Waals surface area contributed by atoms with Crippen LogP contribution in [0.1, 0.15) is 30.1 Å². The molecule has 0 radical (unpaired) electrons. The minimum absolute atomic E-state index is 0.107. The van der Waals surface area contributed by atoms with E-state index < -0.39 is 0 Å². The second-order valence-electron chi connectivity index (χ2n) is 4.42. The van der Waals surface area contributed by atoms with E-state index in [4.69, 9.17) is 11.1 Å². The molecule has 0 unspecified atom stereocenters. The van der Waals surface area contributed by atoms with Crippen LogP contribution in [0.2, 0.25) is 0 Å². The van der Waals surface area contributed by atoms with Crippen LogP contribution in [-0.4, -0.2) is 15.4 Å². The molecule has 3 rings (SSSR count). The molecule has 0 amide bonds. The fourth-order valence-corrected chi connectivity index (χ4v) is 2.08. The Hall–Kier alpha value is -1.84. The first-order valence-corrected chi connectivity index (χ1v) is 5.47. The fourth-order valence-electron chi connectivity index (χ4n) is 2.08. The van der Waals surface area contributed by atoms with Crippen LogP contribution in [0.25, 0.3) is 11.0 Å². The minimum atomic E-state index is 0.107. The Balaban J connectivity index is 2.22. The van der Waals surface area contributed by atoms with Crippen molar-refractivity contribution in [2.24, 2.45) is 12.8 Å². The summed E-state index contributed by atoms with van der Waals surface area (Å²) in [6.45, 7) is 0. The van der Waals surface area contributed by atoms with Crippen molar-refractivity contribution in [3.8, 4) is 0 Å². The van der Waals surface area contributed by atoms with Gasteiger partial charge in [0.25, 0.3) is 0 Å². The van der Waals surface area contributed by atoms with Gasteiger partial charge in [-0.2, -0.15) is 0 Å². The number of nitrogens with zero attached hydrogens (tertiary/aromatic N) is 2. The summed E-state index contributed by atoms with van der Waals surface area (Å²) in [5.74, 6) is 1.91. The van der Waals surface area contributed by atoms with Crippen molar-refractivity contribution in [3.63, 3.8) is 0 Å². The van der Waals surface area contributed by atoms with E-state index in [0.717, 1.165) is 22.4 Å². The number of fused-ring (bicyclic) bond motifs is 1. The topological polar surface area (TPSA) is 67.7 Å². The first-order valence-electron chi connectivity index (χ1n) is 5.47. The Kier molecular flexibility index (Phi) is 1.80. The normalized spacial score (nSPS) is 15.6. The third kappa shape index (κ3) is 1.30. The molecule has 1 aliphatic rings. The third-order valence-electron chi connectivity index (χ3n) is 3.17. The van der Waals surface area contributed by atoms with E-state index in [1.54, 1.807) is 0 Å². The van der Waals surface area contributed by atoms with Crippen LogP contribution >= 0.6 is 0 Å². The van der Waals surface area contributed by atoms with Crippen LogP contribution in [-0.2, 0) is 7.05 Å². The second kappa shape index (κ2) is 3.07. The van der Waals surface area contributed by atoms with Gasteiger partial charge >= 0.3 is 0 Å². The van der Waals surface area contributed by atoms with Crippen molar-refractivity contribution in [1.82, 2.24) is 9.55 Å². The van der Waals surface area contributed by atoms with E-state index in [1.807, 2.05) is 25.2 Å². The molecule has 1 saturated carbocycles. The molecule has 1 fully saturated rings. The largest absolute Gasteiger partial charge is 0.384 e. The lowest BCUT2D eigenvalue weighted by Crippen LogP contribution is -2.10. The average Bonchev–Trinajstić information content (AvgIpc) is 3.04. The van der Waals surface area contributed by atoms with Crippen LogP contribution in [0.4, 0.5) is 0 Å². The number of aromatic nitrogens is 2. The molecule has 2 aromatic rings. The molecule has 4 heteroatoms. The summed E-state index contributed by atoms with van der Waals surface area (Å²) in [5.41, 5.74) is 8.31. The molecule has 3 N–H and O–H groups in total. The number of nitrogen functional groups attached to an aromatic ring is 1. The van der Waals surface area contributed by atoms with Crippen LogP contribution in [0, 0.1) is 5.41 Å². The predicted octanol–water partition coefficient (Wildman–Crippen LogP) is 1.73. The van der Waals surface area contributed by atoms with Gasteiger partial charge in [0.05, 0.1) is 11.0 Å². The monoisotopic (exact) mass is 214 g/mol. The Morgan fingerprint density at radius 1 is 1.50 bits per heavy atom. The molecule has 4 nitrogen and oxygen atoms in total. The molecule has 1 heterocycles. The molecule has 0 bridgehead atoms. The standard InChI is InChI=1S/C12H14N4/c1-16-10-6-8(11(13)14)4-5-9(10)15-12(16)7-2-3-7/h4-7H,2-3H2,1H3,(H3,13,14). The molecular weight excluding hydrogens is 200 g/mol. The van der Waals surface area contributed by atoms with Crippen LogP contribution in [0.3, 0.4) is 0 Å². The molecule has 1 aromatic heterocycles. The zero-order chi connectivity index (χ0) is 11.3. The summed E-state index contributed by atoms with van der Waals surface area (Å²) < 4.78 is 2.12. The van der Waals surface area contributed by atoms with Crippen molar-refractivity contribution in [3.05, 3.63) is 29.6 Å². The van der Waals surface area contributed by atoms with Gasteiger partial charge in [0.15, 0.2) is 0 Å². The number of imidazole rings is 1. The molecular formula is C12H14N4. The van der Waals surface area contributed by atoms with Gasteiger partial charge in [-0.1, -0.05) is 0 Å². The number of rotatable bonds is 2. The highest BCUT2D eigenvalue weighted by Gasteiger charge is 2.28. The van der Waals surface area contributed by atoms with E-state index in [1.165, 1.54) is 12.8 Å². The lowest BCUT2D eigenvalue weighted by molar-refractivity contribution is 0.820. The predicted molar refractivity (Wildman–Crippen MR) is 63.7 cm³/mol. The number of aryl methyl sites for hydroxylation is 1. The van der Waals surface area contributed by atoms with Gasteiger partial charge in [-0.15, -0.1) is 0 Å². The smallest absolute Gasteiger partial charge is 0.122 e. The second-order valence-corrected chi connectivity index (χ2v) is 4.42. The molecule has 82 valence electrons. The van der Waals surface area contributed by atoms with Gasteiger partial charge in [0.2, 0.25) is 0 Å². The Morgan fingerprint density at radius 3 is 2.88 bits per heavy atom. The lowest BCUT2D eigenvalue weighted by Gasteiger charge is -2.01. The number of hydrogen-bond acceptors (Lipinski definition) is 2. The molecule has 16 heavy (non-hydrogen) atoms. The quantitative estimate of drug-likeness (QED) is 0.590. The average molecular weight is 214 g/mol. The summed E-state index contributed by atoms with van der Waals surface area (Å²) >= 11 is 0. The highest BCUT2D eigenvalue weighted by Crippen LogP contribution is 2.40. The molecule has 0 spiro atoms. The summed E-state index contributed by atoms with van der Waals surface area (Å²) in [6.07, 6.45) is 2.49. The SMILES string of the molecule is Cn1c(C2CC2)nc2ccc(C(=N)N)cc21. The van der Waals surface area contributed by atoms with Crippen LogP contribution in [0.5, 0.6) is 0 Å². The third-order valence-corrected chi connectivity index (χ3v) is 3.17. The Bertz CT molecular complexity index is 578. The molecule has 1 aromatic carbocycles. The summed E-state index contributed by atoms with van der Waals surface area (Å²) in [5, 5.41) is 7.43. The maximum Gasteiger partial charge on any atom is 0.122 e. The Morgan fingerprint density at radius 2 is 2.25 bits per heavy atom. The van der Waals surface area contributed by atoms with Crippen LogP contribution < -0.4 is 5.73 Å². The van der Waals surface area contributed by atoms with Gasteiger partial charge in [-0.25, -0.2) is 4.98 Å². The minimum Gasteiger partial charge on any atom is -0.384 e. The van der Waals surface area contributed by atoms with E-state index >= 15 is 0 Å². The number of nitrogens with one attached hydrogen (secondary N) is 1. The maximum atomic E-state index is 7.43. The summed E-state index contributed by atoms with van der Waals surface area (Å²) in [4.78, 5) is 4.63. The lowest BCUT2D eigenvalue weighted by atomic mass is 10.2. The molecule has 0 atom stereocenters. The van der Waals surface area contributed by atoms with Gasteiger partial charge in [0.1, 0.15) is 11.7 Å². The van der Waals surface area contributed by atoms with Gasteiger partial charge < -0.3 is 10.3 Å². The zero-order valence-corrected chi connectivity index (χ0v) is 9.20. The summed E-state index contributed by atoms with van der Waals surface area (Å²) in [7, 11) is 2.03. The van der Waals surface area contributed by atoms with Crippen molar-refractivity contribution >= 4 is 16.9 Å². The molecule has 0 saturated heterocycles. The van der Waals surface area contributed by atoms with E-state index in [9.17, 15) is 0 Å². The first kappa shape index (κ1) is 9.39. The fraction of sp³-hybridized carbons (Fsp3) is 0.333. The van der Waals surface area contributed by atoms with Crippen molar-refractivity contribution < 1.29 is 0 Å². The van der Waals surface area contributed by atoms with E-state index in [0.29, 0.717) is 5.92 Å². The number of hydrogen-bond donors (Lipinski definition) is 2. The maximum absolute atomic E-state index is 7.43. The van der Waals surface area contributed by atoms with Crippen molar-refractivity contribution in [1.29, 1.82) is 5.41 Å². The van der Waals surface area contributed by atoms with E-state index in [-0.39, 0.29) is 5.84 Å².